The molecular weight excluding hydrogens is 342 g/mol. The molecule has 0 aliphatic rings. The van der Waals surface area contributed by atoms with Gasteiger partial charge in [-0.25, -0.2) is 4.98 Å². The quantitative estimate of drug-likeness (QED) is 0.723. The Labute approximate surface area is 157 Å². The van der Waals surface area contributed by atoms with Crippen LogP contribution in [0.1, 0.15) is 24.2 Å². The van der Waals surface area contributed by atoms with Gasteiger partial charge in [-0.1, -0.05) is 12.1 Å². The number of ether oxygens (including phenoxy) is 1. The minimum atomic E-state index is -0.126. The molecule has 1 heterocycles. The van der Waals surface area contributed by atoms with Crippen LogP contribution in [0.3, 0.4) is 0 Å². The summed E-state index contributed by atoms with van der Waals surface area (Å²) in [6.07, 6.45) is 3.30. The molecule has 2 N–H and O–H groups in total. The largest absolute Gasteiger partial charge is 0.504 e. The molecule has 0 atom stereocenters. The van der Waals surface area contributed by atoms with Gasteiger partial charge in [-0.15, -0.1) is 0 Å². The molecule has 6 nitrogen and oxygen atoms in total. The first-order chi connectivity index (χ1) is 13.0. The van der Waals surface area contributed by atoms with Crippen LogP contribution in [0.15, 0.2) is 54.9 Å². The highest BCUT2D eigenvalue weighted by atomic mass is 16.5. The maximum absolute atomic E-state index is 12.2. The predicted octanol–water partition coefficient (Wildman–Crippen LogP) is 3.66. The van der Waals surface area contributed by atoms with Gasteiger partial charge in [0.25, 0.3) is 5.91 Å². The van der Waals surface area contributed by atoms with Crippen LogP contribution in [0, 0.1) is 0 Å². The average molecular weight is 363 g/mol. The number of aromatic nitrogens is 2. The molecule has 1 aromatic heterocycles. The van der Waals surface area contributed by atoms with E-state index in [0.29, 0.717) is 22.7 Å². The summed E-state index contributed by atoms with van der Waals surface area (Å²) in [6.45, 7) is 3.84. The minimum Gasteiger partial charge on any atom is -0.504 e. The number of methoxy groups -OCH3 is 1. The molecule has 0 spiro atoms. The lowest BCUT2D eigenvalue weighted by Gasteiger charge is -2.10. The van der Waals surface area contributed by atoms with E-state index in [0.717, 1.165) is 11.1 Å². The maximum Gasteiger partial charge on any atom is 0.251 e. The number of rotatable bonds is 5. The highest BCUT2D eigenvalue weighted by Gasteiger charge is 2.11. The summed E-state index contributed by atoms with van der Waals surface area (Å²) in [6, 6.07) is 12.3. The van der Waals surface area contributed by atoms with Crippen molar-refractivity contribution in [1.29, 1.82) is 0 Å². The van der Waals surface area contributed by atoms with E-state index < -0.39 is 0 Å². The Hall–Kier alpha value is -3.41. The molecular formula is C21H21N3O3. The Balaban J connectivity index is 1.95. The summed E-state index contributed by atoms with van der Waals surface area (Å²) in [4.78, 5) is 21.2. The summed E-state index contributed by atoms with van der Waals surface area (Å²) >= 11 is 0. The lowest BCUT2D eigenvalue weighted by atomic mass is 10.1. The van der Waals surface area contributed by atoms with Crippen LogP contribution in [0.2, 0.25) is 0 Å². The number of amides is 1. The number of nitrogens with one attached hydrogen (secondary N) is 1. The van der Waals surface area contributed by atoms with Crippen LogP contribution in [-0.2, 0) is 0 Å². The second-order valence-corrected chi connectivity index (χ2v) is 6.39. The summed E-state index contributed by atoms with van der Waals surface area (Å²) in [5.41, 5.74) is 3.43. The summed E-state index contributed by atoms with van der Waals surface area (Å²) < 4.78 is 5.15. The van der Waals surface area contributed by atoms with Crippen molar-refractivity contribution in [3.63, 3.8) is 0 Å². The van der Waals surface area contributed by atoms with Gasteiger partial charge in [-0.2, -0.15) is 0 Å². The maximum atomic E-state index is 12.2. The fraction of sp³-hybridized carbons (Fsp3) is 0.190. The molecule has 3 rings (SSSR count). The number of hydrogen-bond acceptors (Lipinski definition) is 5. The fourth-order valence-electron chi connectivity index (χ4n) is 2.65. The van der Waals surface area contributed by atoms with E-state index in [9.17, 15) is 9.90 Å². The lowest BCUT2D eigenvalue weighted by molar-refractivity contribution is 0.0943. The summed E-state index contributed by atoms with van der Waals surface area (Å²) in [5, 5.41) is 12.6. The average Bonchev–Trinajstić information content (AvgIpc) is 2.68. The topological polar surface area (TPSA) is 84.3 Å². The highest BCUT2D eigenvalue weighted by Crippen LogP contribution is 2.31. The first kappa shape index (κ1) is 18.4. The van der Waals surface area contributed by atoms with Crippen molar-refractivity contribution in [2.75, 3.05) is 7.11 Å². The molecule has 0 saturated heterocycles. The van der Waals surface area contributed by atoms with Crippen molar-refractivity contribution in [2.24, 2.45) is 0 Å². The zero-order valence-corrected chi connectivity index (χ0v) is 15.4. The van der Waals surface area contributed by atoms with Crippen LogP contribution in [0.5, 0.6) is 11.5 Å². The number of carbonyl (C=O) groups excluding carboxylic acids is 1. The third-order valence-electron chi connectivity index (χ3n) is 3.95. The Morgan fingerprint density at radius 2 is 1.78 bits per heavy atom. The smallest absolute Gasteiger partial charge is 0.251 e. The number of phenolic OH excluding ortho intramolecular Hbond substituents is 1. The van der Waals surface area contributed by atoms with Gasteiger partial charge in [0.15, 0.2) is 11.5 Å². The van der Waals surface area contributed by atoms with Gasteiger partial charge in [0.1, 0.15) is 0 Å². The van der Waals surface area contributed by atoms with Gasteiger partial charge in [0.2, 0.25) is 0 Å². The molecule has 0 radical (unpaired) electrons. The number of carbonyl (C=O) groups is 1. The summed E-state index contributed by atoms with van der Waals surface area (Å²) in [7, 11) is 1.49. The Morgan fingerprint density at radius 1 is 1.07 bits per heavy atom. The van der Waals surface area contributed by atoms with Gasteiger partial charge in [0.05, 0.1) is 30.9 Å². The molecule has 3 aromatic rings. The SMILES string of the molecule is COc1cc(-c2cncc(-c3cccc(C(=O)NC(C)C)c3)n2)ccc1O. The van der Waals surface area contributed by atoms with Crippen LogP contribution in [-0.4, -0.2) is 34.1 Å². The van der Waals surface area contributed by atoms with E-state index in [2.05, 4.69) is 15.3 Å². The van der Waals surface area contributed by atoms with Crippen LogP contribution >= 0.6 is 0 Å². The number of phenols is 1. The molecule has 0 bridgehead atoms. The monoisotopic (exact) mass is 363 g/mol. The van der Waals surface area contributed by atoms with E-state index in [-0.39, 0.29) is 17.7 Å². The van der Waals surface area contributed by atoms with Crippen molar-refractivity contribution in [1.82, 2.24) is 15.3 Å². The molecule has 0 fully saturated rings. The first-order valence-corrected chi connectivity index (χ1v) is 8.58. The van der Waals surface area contributed by atoms with Crippen LogP contribution < -0.4 is 10.1 Å². The van der Waals surface area contributed by atoms with Gasteiger partial charge in [-0.05, 0) is 44.2 Å². The molecule has 0 aliphatic heterocycles. The van der Waals surface area contributed by atoms with Gasteiger partial charge in [0, 0.05) is 22.7 Å². The van der Waals surface area contributed by atoms with Crippen molar-refractivity contribution >= 4 is 5.91 Å². The fourth-order valence-corrected chi connectivity index (χ4v) is 2.65. The van der Waals surface area contributed by atoms with Gasteiger partial charge in [-0.3, -0.25) is 9.78 Å². The van der Waals surface area contributed by atoms with E-state index in [1.165, 1.54) is 7.11 Å². The molecule has 27 heavy (non-hydrogen) atoms. The van der Waals surface area contributed by atoms with Crippen molar-refractivity contribution < 1.29 is 14.6 Å². The Morgan fingerprint density at radius 3 is 2.44 bits per heavy atom. The van der Waals surface area contributed by atoms with Crippen LogP contribution in [0.4, 0.5) is 0 Å². The van der Waals surface area contributed by atoms with E-state index in [1.807, 2.05) is 26.0 Å². The summed E-state index contributed by atoms with van der Waals surface area (Å²) in [5.74, 6) is 0.306. The number of nitrogens with zero attached hydrogens (tertiary/aromatic N) is 2. The van der Waals surface area contributed by atoms with Crippen molar-refractivity contribution in [3.05, 3.63) is 60.4 Å². The number of aromatic hydroxyl groups is 1. The third kappa shape index (κ3) is 4.23. The van der Waals surface area contributed by atoms with Crippen molar-refractivity contribution in [3.8, 4) is 34.0 Å². The molecule has 138 valence electrons. The standard InChI is InChI=1S/C21H21N3O3/c1-13(2)23-21(26)16-6-4-5-14(9-16)17-11-22-12-18(24-17)15-7-8-19(25)20(10-15)27-3/h4-13,25H,1-3H3,(H,23,26). The van der Waals surface area contributed by atoms with Gasteiger partial charge >= 0.3 is 0 Å². The number of benzene rings is 2. The van der Waals surface area contributed by atoms with E-state index >= 15 is 0 Å². The molecule has 1 amide bonds. The lowest BCUT2D eigenvalue weighted by Crippen LogP contribution is -2.30. The van der Waals surface area contributed by atoms with Crippen molar-refractivity contribution in [2.45, 2.75) is 19.9 Å². The third-order valence-corrected chi connectivity index (χ3v) is 3.95. The van der Waals surface area contributed by atoms with E-state index in [4.69, 9.17) is 4.74 Å². The van der Waals surface area contributed by atoms with Crippen LogP contribution in [0.25, 0.3) is 22.5 Å². The highest BCUT2D eigenvalue weighted by molar-refractivity contribution is 5.95. The molecule has 0 saturated carbocycles. The van der Waals surface area contributed by atoms with Gasteiger partial charge < -0.3 is 15.2 Å². The Bertz CT molecular complexity index is 970. The molecule has 0 aliphatic carbocycles. The first-order valence-electron chi connectivity index (χ1n) is 8.58. The normalized spacial score (nSPS) is 10.7. The minimum absolute atomic E-state index is 0.0637. The zero-order valence-electron chi connectivity index (χ0n) is 15.4. The molecule has 2 aromatic carbocycles. The molecule has 0 unspecified atom stereocenters. The molecule has 6 heteroatoms. The predicted molar refractivity (Wildman–Crippen MR) is 104 cm³/mol. The second kappa shape index (κ2) is 7.86. The number of hydrogen-bond donors (Lipinski definition) is 2. The zero-order chi connectivity index (χ0) is 19.4. The van der Waals surface area contributed by atoms with E-state index in [1.54, 1.807) is 42.7 Å². The Kier molecular flexibility index (Phi) is 5.35. The second-order valence-electron chi connectivity index (χ2n) is 6.39.